The van der Waals surface area contributed by atoms with Crippen molar-refractivity contribution in [3.63, 3.8) is 0 Å². The minimum absolute atomic E-state index is 0.0208. The van der Waals surface area contributed by atoms with Gasteiger partial charge >= 0.3 is 0 Å². The third kappa shape index (κ3) is 4.26. The van der Waals surface area contributed by atoms with Gasteiger partial charge in [-0.15, -0.1) is 0 Å². The summed E-state index contributed by atoms with van der Waals surface area (Å²) >= 11 is 0. The zero-order valence-corrected chi connectivity index (χ0v) is 14.8. The Morgan fingerprint density at radius 1 is 1.32 bits per heavy atom. The number of hydrogen-bond acceptors (Lipinski definition) is 4. The average Bonchev–Trinajstić information content (AvgIpc) is 2.61. The molecule has 1 atom stereocenters. The lowest BCUT2D eigenvalue weighted by Gasteiger charge is -2.36. The number of carbonyl (C=O) groups is 1. The molecule has 7 heteroatoms. The van der Waals surface area contributed by atoms with Gasteiger partial charge in [0, 0.05) is 39.4 Å². The Morgan fingerprint density at radius 3 is 2.72 bits per heavy atom. The van der Waals surface area contributed by atoms with Crippen LogP contribution in [0.5, 0.6) is 0 Å². The molecule has 0 N–H and O–H groups in total. The van der Waals surface area contributed by atoms with Gasteiger partial charge in [-0.1, -0.05) is 6.07 Å². The summed E-state index contributed by atoms with van der Waals surface area (Å²) in [6.45, 7) is 1.37. The molecule has 1 aliphatic carbocycles. The van der Waals surface area contributed by atoms with Crippen LogP contribution in [0, 0.1) is 5.92 Å². The van der Waals surface area contributed by atoms with Crippen molar-refractivity contribution in [3.05, 3.63) is 23.9 Å². The molecule has 3 rings (SSSR count). The number of alkyl halides is 2. The quantitative estimate of drug-likeness (QED) is 0.838. The van der Waals surface area contributed by atoms with Crippen molar-refractivity contribution in [1.82, 2.24) is 9.88 Å². The Kier molecular flexibility index (Phi) is 5.22. The first-order valence-electron chi connectivity index (χ1n) is 8.78. The van der Waals surface area contributed by atoms with Crippen molar-refractivity contribution >= 4 is 11.7 Å². The van der Waals surface area contributed by atoms with Gasteiger partial charge in [0.25, 0.3) is 0 Å². The van der Waals surface area contributed by atoms with Crippen LogP contribution in [0.4, 0.5) is 14.6 Å². The molecule has 0 bridgehead atoms. The van der Waals surface area contributed by atoms with Gasteiger partial charge in [0.15, 0.2) is 0 Å². The topological polar surface area (TPSA) is 45.7 Å². The fraction of sp³-hybridized carbons (Fsp3) is 0.667. The fourth-order valence-electron chi connectivity index (χ4n) is 3.44. The molecule has 1 saturated heterocycles. The molecular formula is C18H25F2N3O2. The molecule has 2 heterocycles. The highest BCUT2D eigenvalue weighted by atomic mass is 19.3. The van der Waals surface area contributed by atoms with Gasteiger partial charge in [0.05, 0.1) is 18.8 Å². The normalized spacial score (nSPS) is 24.2. The molecule has 1 aromatic rings. The molecule has 25 heavy (non-hydrogen) atoms. The highest BCUT2D eigenvalue weighted by Crippen LogP contribution is 2.37. The molecule has 0 spiro atoms. The van der Waals surface area contributed by atoms with Crippen LogP contribution in [-0.2, 0) is 9.53 Å². The van der Waals surface area contributed by atoms with Crippen molar-refractivity contribution in [3.8, 4) is 0 Å². The Bertz CT molecular complexity index is 614. The summed E-state index contributed by atoms with van der Waals surface area (Å²) in [5, 5.41) is 0. The molecule has 0 radical (unpaired) electrons. The monoisotopic (exact) mass is 353 g/mol. The second-order valence-corrected chi connectivity index (χ2v) is 7.09. The average molecular weight is 353 g/mol. The lowest BCUT2D eigenvalue weighted by Crippen LogP contribution is -2.46. The maximum absolute atomic E-state index is 13.3. The second-order valence-electron chi connectivity index (χ2n) is 7.09. The molecule has 1 aliphatic heterocycles. The number of morpholine rings is 1. The van der Waals surface area contributed by atoms with E-state index in [1.165, 1.54) is 0 Å². The van der Waals surface area contributed by atoms with E-state index in [0.717, 1.165) is 11.5 Å². The molecule has 0 unspecified atom stereocenters. The van der Waals surface area contributed by atoms with E-state index in [4.69, 9.17) is 4.74 Å². The van der Waals surface area contributed by atoms with Gasteiger partial charge < -0.3 is 14.5 Å². The zero-order valence-electron chi connectivity index (χ0n) is 14.8. The lowest BCUT2D eigenvalue weighted by molar-refractivity contribution is -0.147. The maximum atomic E-state index is 13.3. The summed E-state index contributed by atoms with van der Waals surface area (Å²) in [4.78, 5) is 21.0. The first kappa shape index (κ1) is 18.0. The number of amides is 1. The maximum Gasteiger partial charge on any atom is 0.248 e. The molecule has 0 aromatic carbocycles. The van der Waals surface area contributed by atoms with E-state index in [-0.39, 0.29) is 43.6 Å². The van der Waals surface area contributed by atoms with Crippen LogP contribution in [0.15, 0.2) is 18.2 Å². The third-order valence-electron chi connectivity index (χ3n) is 4.99. The highest BCUT2D eigenvalue weighted by Gasteiger charge is 2.39. The number of rotatable bonds is 3. The number of nitrogens with zero attached hydrogens (tertiary/aromatic N) is 3. The number of hydrogen-bond donors (Lipinski definition) is 0. The van der Waals surface area contributed by atoms with Crippen molar-refractivity contribution in [2.45, 2.75) is 37.7 Å². The molecule has 2 aliphatic rings. The van der Waals surface area contributed by atoms with Gasteiger partial charge in [-0.25, -0.2) is 13.8 Å². The van der Waals surface area contributed by atoms with Crippen LogP contribution in [-0.4, -0.2) is 55.5 Å². The fourth-order valence-corrected chi connectivity index (χ4v) is 3.44. The number of pyridine rings is 1. The first-order valence-corrected chi connectivity index (χ1v) is 8.78. The predicted molar refractivity (Wildman–Crippen MR) is 90.7 cm³/mol. The van der Waals surface area contributed by atoms with Crippen LogP contribution >= 0.6 is 0 Å². The standard InChI is InChI=1S/C18H25F2N3O2/c1-22(2)16-5-3-4-14(21-16)15-12-23(10-11-25-15)17(24)13-6-8-18(19,20)9-7-13/h3-5,13,15H,6-12H2,1-2H3/t15-/m0/s1. The summed E-state index contributed by atoms with van der Waals surface area (Å²) in [5.41, 5.74) is 0.791. The highest BCUT2D eigenvalue weighted by molar-refractivity contribution is 5.79. The number of ether oxygens (including phenoxy) is 1. The Morgan fingerprint density at radius 2 is 2.04 bits per heavy atom. The lowest BCUT2D eigenvalue weighted by atomic mass is 9.85. The van der Waals surface area contributed by atoms with E-state index in [1.54, 1.807) is 4.90 Å². The molecule has 1 aromatic heterocycles. The smallest absolute Gasteiger partial charge is 0.248 e. The molecule has 5 nitrogen and oxygen atoms in total. The van der Waals surface area contributed by atoms with Gasteiger partial charge in [-0.05, 0) is 25.0 Å². The minimum Gasteiger partial charge on any atom is -0.368 e. The Hall–Kier alpha value is -1.76. The SMILES string of the molecule is CN(C)c1cccc([C@@H]2CN(C(=O)C3CCC(F)(F)CC3)CCO2)n1. The predicted octanol–water partition coefficient (Wildman–Crippen LogP) is 2.87. The van der Waals surface area contributed by atoms with Crippen molar-refractivity contribution in [1.29, 1.82) is 0 Å². The van der Waals surface area contributed by atoms with Crippen LogP contribution in [0.25, 0.3) is 0 Å². The van der Waals surface area contributed by atoms with Crippen molar-refractivity contribution in [2.75, 3.05) is 38.7 Å². The number of anilines is 1. The Labute approximate surface area is 147 Å². The molecule has 2 fully saturated rings. The summed E-state index contributed by atoms with van der Waals surface area (Å²) in [5.74, 6) is -2.09. The zero-order chi connectivity index (χ0) is 18.0. The van der Waals surface area contributed by atoms with E-state index >= 15 is 0 Å². The summed E-state index contributed by atoms with van der Waals surface area (Å²) in [6, 6.07) is 5.73. The van der Waals surface area contributed by atoms with E-state index in [9.17, 15) is 13.6 Å². The second kappa shape index (κ2) is 7.23. The van der Waals surface area contributed by atoms with Crippen LogP contribution in [0.2, 0.25) is 0 Å². The third-order valence-corrected chi connectivity index (χ3v) is 4.99. The van der Waals surface area contributed by atoms with Crippen LogP contribution < -0.4 is 4.90 Å². The van der Waals surface area contributed by atoms with E-state index in [0.29, 0.717) is 19.7 Å². The van der Waals surface area contributed by atoms with Crippen molar-refractivity contribution < 1.29 is 18.3 Å². The molecule has 1 saturated carbocycles. The summed E-state index contributed by atoms with van der Waals surface area (Å²) < 4.78 is 32.4. The van der Waals surface area contributed by atoms with E-state index in [1.807, 2.05) is 37.2 Å². The molecular weight excluding hydrogens is 328 g/mol. The number of halogens is 2. The first-order chi connectivity index (χ1) is 11.9. The van der Waals surface area contributed by atoms with E-state index < -0.39 is 5.92 Å². The summed E-state index contributed by atoms with van der Waals surface area (Å²) in [6.07, 6.45) is -0.125. The van der Waals surface area contributed by atoms with Crippen LogP contribution in [0.3, 0.4) is 0 Å². The Balaban J connectivity index is 1.65. The van der Waals surface area contributed by atoms with Gasteiger partial charge in [0.1, 0.15) is 11.9 Å². The molecule has 1 amide bonds. The van der Waals surface area contributed by atoms with Gasteiger partial charge in [0.2, 0.25) is 11.8 Å². The van der Waals surface area contributed by atoms with E-state index in [2.05, 4.69) is 4.98 Å². The summed E-state index contributed by atoms with van der Waals surface area (Å²) in [7, 11) is 3.84. The minimum atomic E-state index is -2.61. The molecule has 138 valence electrons. The number of carbonyl (C=O) groups excluding carboxylic acids is 1. The van der Waals surface area contributed by atoms with Gasteiger partial charge in [-0.3, -0.25) is 4.79 Å². The van der Waals surface area contributed by atoms with Crippen molar-refractivity contribution in [2.24, 2.45) is 5.92 Å². The van der Waals surface area contributed by atoms with Gasteiger partial charge in [-0.2, -0.15) is 0 Å². The van der Waals surface area contributed by atoms with Crippen LogP contribution in [0.1, 0.15) is 37.5 Å². The largest absolute Gasteiger partial charge is 0.368 e. The number of aromatic nitrogens is 1.